The topological polar surface area (TPSA) is 105 Å². The quantitative estimate of drug-likeness (QED) is 0.714. The first-order valence-corrected chi connectivity index (χ1v) is 10.9. The van der Waals surface area contributed by atoms with Crippen molar-refractivity contribution in [2.75, 3.05) is 25.5 Å². The Morgan fingerprint density at radius 2 is 1.79 bits per heavy atom. The summed E-state index contributed by atoms with van der Waals surface area (Å²) in [6.45, 7) is 5.96. The van der Waals surface area contributed by atoms with Gasteiger partial charge in [-0.25, -0.2) is 8.42 Å². The molecule has 1 saturated heterocycles. The van der Waals surface area contributed by atoms with E-state index in [2.05, 4.69) is 10.6 Å². The molecule has 0 bridgehead atoms. The van der Waals surface area contributed by atoms with Crippen LogP contribution in [-0.4, -0.2) is 50.8 Å². The van der Waals surface area contributed by atoms with Gasteiger partial charge < -0.3 is 15.4 Å². The molecule has 1 atom stereocenters. The molecule has 9 heteroatoms. The third-order valence-corrected chi connectivity index (χ3v) is 6.58. The van der Waals surface area contributed by atoms with Gasteiger partial charge in [-0.1, -0.05) is 20.3 Å². The van der Waals surface area contributed by atoms with Gasteiger partial charge in [0.15, 0.2) is 0 Å². The monoisotopic (exact) mass is 411 g/mol. The van der Waals surface area contributed by atoms with Crippen LogP contribution in [0.15, 0.2) is 23.1 Å². The first kappa shape index (κ1) is 22.2. The summed E-state index contributed by atoms with van der Waals surface area (Å²) < 4.78 is 32.6. The average molecular weight is 412 g/mol. The molecule has 0 aliphatic carbocycles. The maximum Gasteiger partial charge on any atom is 0.247 e. The minimum atomic E-state index is -3.64. The second kappa shape index (κ2) is 9.38. The molecule has 1 fully saturated rings. The van der Waals surface area contributed by atoms with Crippen molar-refractivity contribution in [1.82, 2.24) is 9.62 Å². The smallest absolute Gasteiger partial charge is 0.247 e. The summed E-state index contributed by atoms with van der Waals surface area (Å²) in [5.74, 6) is -0.551. The van der Waals surface area contributed by atoms with Crippen LogP contribution in [0.3, 0.4) is 0 Å². The summed E-state index contributed by atoms with van der Waals surface area (Å²) in [5, 5.41) is 5.32. The second-order valence-electron chi connectivity index (χ2n) is 7.24. The van der Waals surface area contributed by atoms with Crippen molar-refractivity contribution >= 4 is 27.5 Å². The Labute approximate surface area is 166 Å². The molecule has 2 amide bonds. The summed E-state index contributed by atoms with van der Waals surface area (Å²) >= 11 is 0. The number of ether oxygens (including phenoxy) is 1. The zero-order valence-electron chi connectivity index (χ0n) is 16.8. The van der Waals surface area contributed by atoms with Crippen LogP contribution >= 0.6 is 0 Å². The predicted octanol–water partition coefficient (Wildman–Crippen LogP) is 1.97. The van der Waals surface area contributed by atoms with Crippen LogP contribution in [0.5, 0.6) is 5.75 Å². The van der Waals surface area contributed by atoms with Crippen molar-refractivity contribution in [2.45, 2.75) is 51.0 Å². The third-order valence-electron chi connectivity index (χ3n) is 4.69. The van der Waals surface area contributed by atoms with E-state index in [1.165, 1.54) is 36.5 Å². The molecule has 2 rings (SSSR count). The number of carbonyl (C=O) groups is 2. The van der Waals surface area contributed by atoms with Crippen LogP contribution in [0.25, 0.3) is 0 Å². The zero-order valence-corrected chi connectivity index (χ0v) is 17.6. The molecule has 1 heterocycles. The van der Waals surface area contributed by atoms with Gasteiger partial charge in [-0.15, -0.1) is 0 Å². The van der Waals surface area contributed by atoms with Crippen molar-refractivity contribution in [3.8, 4) is 5.75 Å². The number of nitrogens with zero attached hydrogens (tertiary/aromatic N) is 1. The molecule has 0 saturated carbocycles. The van der Waals surface area contributed by atoms with Gasteiger partial charge >= 0.3 is 0 Å². The molecular weight excluding hydrogens is 382 g/mol. The van der Waals surface area contributed by atoms with Crippen molar-refractivity contribution in [2.24, 2.45) is 5.92 Å². The standard InChI is InChI=1S/C19H29N3O5S/c1-13(2)18(20-14(3)23)19(24)21-16-12-15(8-9-17(16)27-4)28(25,26)22-10-6-5-7-11-22/h8-9,12-13,18H,5-7,10-11H2,1-4H3,(H,20,23)(H,21,24). The zero-order chi connectivity index (χ0) is 20.9. The lowest BCUT2D eigenvalue weighted by atomic mass is 10.0. The van der Waals surface area contributed by atoms with E-state index in [-0.39, 0.29) is 22.4 Å². The van der Waals surface area contributed by atoms with Gasteiger partial charge in [0.05, 0.1) is 17.7 Å². The van der Waals surface area contributed by atoms with E-state index in [1.807, 2.05) is 13.8 Å². The molecule has 2 N–H and O–H groups in total. The van der Waals surface area contributed by atoms with E-state index >= 15 is 0 Å². The van der Waals surface area contributed by atoms with Crippen LogP contribution in [-0.2, 0) is 19.6 Å². The number of nitrogens with one attached hydrogen (secondary N) is 2. The molecule has 1 aliphatic heterocycles. The SMILES string of the molecule is COc1ccc(S(=O)(=O)N2CCCCC2)cc1NC(=O)C(NC(C)=O)C(C)C. The fraction of sp³-hybridized carbons (Fsp3) is 0.579. The van der Waals surface area contributed by atoms with Crippen molar-refractivity contribution in [3.63, 3.8) is 0 Å². The maximum atomic E-state index is 12.9. The maximum absolute atomic E-state index is 12.9. The Bertz CT molecular complexity index is 817. The first-order chi connectivity index (χ1) is 13.2. The molecule has 28 heavy (non-hydrogen) atoms. The van der Waals surface area contributed by atoms with Crippen molar-refractivity contribution in [1.29, 1.82) is 0 Å². The Morgan fingerprint density at radius 1 is 1.14 bits per heavy atom. The number of sulfonamides is 1. The number of hydrogen-bond acceptors (Lipinski definition) is 5. The van der Waals surface area contributed by atoms with E-state index in [0.717, 1.165) is 19.3 Å². The van der Waals surface area contributed by atoms with Crippen LogP contribution in [0.4, 0.5) is 5.69 Å². The van der Waals surface area contributed by atoms with Gasteiger partial charge in [-0.3, -0.25) is 9.59 Å². The molecule has 1 aliphatic rings. The number of rotatable bonds is 7. The minimum Gasteiger partial charge on any atom is -0.495 e. The summed E-state index contributed by atoms with van der Waals surface area (Å²) in [4.78, 5) is 24.2. The van der Waals surface area contributed by atoms with Crippen molar-refractivity contribution < 1.29 is 22.7 Å². The number of methoxy groups -OCH3 is 1. The molecule has 0 spiro atoms. The van der Waals surface area contributed by atoms with Crippen LogP contribution in [0.2, 0.25) is 0 Å². The van der Waals surface area contributed by atoms with E-state index in [4.69, 9.17) is 4.74 Å². The van der Waals surface area contributed by atoms with E-state index in [0.29, 0.717) is 18.8 Å². The number of hydrogen-bond donors (Lipinski definition) is 2. The molecule has 8 nitrogen and oxygen atoms in total. The number of piperidine rings is 1. The third kappa shape index (κ3) is 5.23. The second-order valence-corrected chi connectivity index (χ2v) is 9.18. The van der Waals surface area contributed by atoms with Gasteiger partial charge in [0.25, 0.3) is 0 Å². The lowest BCUT2D eigenvalue weighted by Gasteiger charge is -2.26. The van der Waals surface area contributed by atoms with Gasteiger partial charge in [0, 0.05) is 20.0 Å². The Morgan fingerprint density at radius 3 is 2.32 bits per heavy atom. The van der Waals surface area contributed by atoms with Gasteiger partial charge in [-0.05, 0) is 37.0 Å². The fourth-order valence-corrected chi connectivity index (χ4v) is 4.71. The molecule has 1 aromatic rings. The first-order valence-electron chi connectivity index (χ1n) is 9.43. The Kier molecular flexibility index (Phi) is 7.42. The van der Waals surface area contributed by atoms with Gasteiger partial charge in [0.1, 0.15) is 11.8 Å². The minimum absolute atomic E-state index is 0.103. The van der Waals surface area contributed by atoms with Crippen LogP contribution < -0.4 is 15.4 Å². The van der Waals surface area contributed by atoms with Crippen molar-refractivity contribution in [3.05, 3.63) is 18.2 Å². The summed E-state index contributed by atoms with van der Waals surface area (Å²) in [6, 6.07) is 3.66. The number of anilines is 1. The largest absolute Gasteiger partial charge is 0.495 e. The highest BCUT2D eigenvalue weighted by Gasteiger charge is 2.28. The lowest BCUT2D eigenvalue weighted by molar-refractivity contribution is -0.126. The highest BCUT2D eigenvalue weighted by molar-refractivity contribution is 7.89. The van der Waals surface area contributed by atoms with E-state index in [1.54, 1.807) is 0 Å². The molecule has 1 unspecified atom stereocenters. The lowest BCUT2D eigenvalue weighted by Crippen LogP contribution is -2.46. The Hall–Kier alpha value is -2.13. The highest BCUT2D eigenvalue weighted by Crippen LogP contribution is 2.30. The highest BCUT2D eigenvalue weighted by atomic mass is 32.2. The average Bonchev–Trinajstić information content (AvgIpc) is 2.66. The van der Waals surface area contributed by atoms with Gasteiger partial charge in [-0.2, -0.15) is 4.31 Å². The molecular formula is C19H29N3O5S. The number of benzene rings is 1. The van der Waals surface area contributed by atoms with Gasteiger partial charge in [0.2, 0.25) is 21.8 Å². The van der Waals surface area contributed by atoms with Crippen LogP contribution in [0, 0.1) is 5.92 Å². The van der Waals surface area contributed by atoms with E-state index < -0.39 is 22.0 Å². The van der Waals surface area contributed by atoms with E-state index in [9.17, 15) is 18.0 Å². The molecule has 156 valence electrons. The molecule has 0 radical (unpaired) electrons. The van der Waals surface area contributed by atoms with Crippen LogP contribution in [0.1, 0.15) is 40.0 Å². The normalized spacial score (nSPS) is 16.5. The summed E-state index contributed by atoms with van der Waals surface area (Å²) in [7, 11) is -2.20. The number of amides is 2. The summed E-state index contributed by atoms with van der Waals surface area (Å²) in [6.07, 6.45) is 2.70. The Balaban J connectivity index is 2.32. The molecule has 0 aromatic heterocycles. The predicted molar refractivity (Wildman–Crippen MR) is 107 cm³/mol. The summed E-state index contributed by atoms with van der Waals surface area (Å²) in [5.41, 5.74) is 0.251. The number of carbonyl (C=O) groups excluding carboxylic acids is 2. The molecule has 1 aromatic carbocycles. The fourth-order valence-electron chi connectivity index (χ4n) is 3.16.